The van der Waals surface area contributed by atoms with E-state index >= 15 is 0 Å². The van der Waals surface area contributed by atoms with Gasteiger partial charge < -0.3 is 14.0 Å². The number of rotatable bonds is 8. The molecule has 0 radical (unpaired) electrons. The van der Waals surface area contributed by atoms with Crippen LogP contribution >= 0.6 is 0 Å². The van der Waals surface area contributed by atoms with Gasteiger partial charge in [-0.15, -0.1) is 0 Å². The number of quaternary nitrogens is 1. The number of ether oxygens (including phenoxy) is 2. The average Bonchev–Trinajstić information content (AvgIpc) is 3.10. The molecule has 0 aromatic heterocycles. The Balaban J connectivity index is 1.57. The molecule has 1 aliphatic heterocycles. The topological polar surface area (TPSA) is 18.5 Å². The van der Waals surface area contributed by atoms with Gasteiger partial charge in [0.25, 0.3) is 0 Å². The van der Waals surface area contributed by atoms with Gasteiger partial charge in [0.1, 0.15) is 19.6 Å². The normalized spacial score (nSPS) is 14.4. The van der Waals surface area contributed by atoms with Crippen LogP contribution in [0.25, 0.3) is 0 Å². The monoisotopic (exact) mass is 388 g/mol. The van der Waals surface area contributed by atoms with E-state index in [2.05, 4.69) is 72.8 Å². The molecule has 1 heterocycles. The van der Waals surface area contributed by atoms with Crippen LogP contribution in [0.15, 0.2) is 72.8 Å². The highest BCUT2D eigenvalue weighted by Gasteiger charge is 2.36. The van der Waals surface area contributed by atoms with Crippen molar-refractivity contribution in [3.05, 3.63) is 95.1 Å². The van der Waals surface area contributed by atoms with Gasteiger partial charge in [0.15, 0.2) is 11.5 Å². The van der Waals surface area contributed by atoms with E-state index in [1.165, 1.54) is 28.7 Å². The maximum absolute atomic E-state index is 5.55. The van der Waals surface area contributed by atoms with Crippen molar-refractivity contribution < 1.29 is 14.0 Å². The fraction of sp³-hybridized carbons (Fsp3) is 0.308. The number of nitrogens with zero attached hydrogens (tertiary/aromatic N) is 1. The minimum absolute atomic E-state index is 0.829. The molecule has 150 valence electrons. The third-order valence-corrected chi connectivity index (χ3v) is 6.02. The number of aryl methyl sites for hydroxylation is 1. The minimum Gasteiger partial charge on any atom is -0.493 e. The van der Waals surface area contributed by atoms with E-state index in [-0.39, 0.29) is 0 Å². The number of hydrogen-bond donors (Lipinski definition) is 0. The van der Waals surface area contributed by atoms with Crippen LogP contribution in [0.5, 0.6) is 11.5 Å². The van der Waals surface area contributed by atoms with E-state index < -0.39 is 0 Å². The molecular formula is C26H30NO2+. The number of hydrogen-bond acceptors (Lipinski definition) is 2. The zero-order valence-electron chi connectivity index (χ0n) is 17.4. The highest BCUT2D eigenvalue weighted by atomic mass is 16.5. The van der Waals surface area contributed by atoms with Crippen molar-refractivity contribution in [1.82, 2.24) is 0 Å². The highest BCUT2D eigenvalue weighted by Crippen LogP contribution is 2.39. The number of benzene rings is 3. The van der Waals surface area contributed by atoms with Gasteiger partial charge in [0.2, 0.25) is 0 Å². The summed E-state index contributed by atoms with van der Waals surface area (Å²) in [5.41, 5.74) is 5.60. The molecule has 0 aliphatic carbocycles. The Kier molecular flexibility index (Phi) is 5.86. The van der Waals surface area contributed by atoms with Crippen molar-refractivity contribution in [2.24, 2.45) is 0 Å². The van der Waals surface area contributed by atoms with Crippen molar-refractivity contribution in [2.75, 3.05) is 20.8 Å². The molecule has 3 heteroatoms. The molecule has 29 heavy (non-hydrogen) atoms. The number of methoxy groups -OCH3 is 2. The molecule has 3 nitrogen and oxygen atoms in total. The maximum atomic E-state index is 5.55. The van der Waals surface area contributed by atoms with Crippen LogP contribution in [-0.2, 0) is 26.1 Å². The van der Waals surface area contributed by atoms with Crippen molar-refractivity contribution in [1.29, 1.82) is 0 Å². The fourth-order valence-electron chi connectivity index (χ4n) is 4.62. The second kappa shape index (κ2) is 8.71. The Morgan fingerprint density at radius 1 is 0.724 bits per heavy atom. The predicted molar refractivity (Wildman–Crippen MR) is 117 cm³/mol. The van der Waals surface area contributed by atoms with E-state index in [4.69, 9.17) is 9.47 Å². The van der Waals surface area contributed by atoms with Crippen LogP contribution in [0.2, 0.25) is 0 Å². The SMILES string of the molecule is COc1cc2c(cc1OC)C[N+](CCCc1ccccc1)(Cc1ccccc1)C2. The lowest BCUT2D eigenvalue weighted by atomic mass is 10.1. The van der Waals surface area contributed by atoms with Crippen LogP contribution in [0.1, 0.15) is 28.7 Å². The lowest BCUT2D eigenvalue weighted by Crippen LogP contribution is -2.43. The lowest BCUT2D eigenvalue weighted by Gasteiger charge is -2.34. The van der Waals surface area contributed by atoms with Crippen LogP contribution in [-0.4, -0.2) is 25.2 Å². The van der Waals surface area contributed by atoms with Gasteiger partial charge in [-0.2, -0.15) is 0 Å². The summed E-state index contributed by atoms with van der Waals surface area (Å²) in [6.07, 6.45) is 2.30. The second-order valence-corrected chi connectivity index (χ2v) is 8.09. The van der Waals surface area contributed by atoms with Crippen molar-refractivity contribution >= 4 is 0 Å². The smallest absolute Gasteiger partial charge is 0.161 e. The second-order valence-electron chi connectivity index (χ2n) is 8.09. The summed E-state index contributed by atoms with van der Waals surface area (Å²) in [7, 11) is 3.43. The standard InChI is InChI=1S/C26H30NO2/c1-28-25-16-23-19-27(18-22-12-7-4-8-13-22,20-24(23)17-26(25)29-2)15-9-14-21-10-5-3-6-11-21/h3-8,10-13,16-17H,9,14-15,18-20H2,1-2H3/q+1. The van der Waals surface area contributed by atoms with Crippen LogP contribution in [0.3, 0.4) is 0 Å². The summed E-state index contributed by atoms with van der Waals surface area (Å²) in [5, 5.41) is 0. The third-order valence-electron chi connectivity index (χ3n) is 6.02. The van der Waals surface area contributed by atoms with Gasteiger partial charge in [-0.25, -0.2) is 0 Å². The third kappa shape index (κ3) is 4.46. The van der Waals surface area contributed by atoms with Crippen molar-refractivity contribution in [3.8, 4) is 11.5 Å². The first-order valence-corrected chi connectivity index (χ1v) is 10.4. The zero-order valence-corrected chi connectivity index (χ0v) is 17.4. The number of fused-ring (bicyclic) bond motifs is 1. The Morgan fingerprint density at radius 2 is 1.24 bits per heavy atom. The van der Waals surface area contributed by atoms with Crippen LogP contribution in [0, 0.1) is 0 Å². The summed E-state index contributed by atoms with van der Waals surface area (Å²) in [6.45, 7) is 4.29. The first-order valence-electron chi connectivity index (χ1n) is 10.4. The highest BCUT2D eigenvalue weighted by molar-refractivity contribution is 5.48. The molecule has 0 saturated heterocycles. The van der Waals surface area contributed by atoms with E-state index in [1.807, 2.05) is 0 Å². The molecule has 0 N–H and O–H groups in total. The molecule has 3 aromatic rings. The summed E-state index contributed by atoms with van der Waals surface area (Å²) in [5.74, 6) is 1.66. The molecule has 0 atom stereocenters. The van der Waals surface area contributed by atoms with E-state index in [9.17, 15) is 0 Å². The van der Waals surface area contributed by atoms with Crippen molar-refractivity contribution in [3.63, 3.8) is 0 Å². The summed E-state index contributed by atoms with van der Waals surface area (Å²) >= 11 is 0. The van der Waals surface area contributed by atoms with Gasteiger partial charge in [0.05, 0.1) is 20.8 Å². The first kappa shape index (κ1) is 19.5. The summed E-state index contributed by atoms with van der Waals surface area (Å²) < 4.78 is 12.2. The molecule has 0 fully saturated rings. The zero-order chi connectivity index (χ0) is 20.1. The molecule has 1 aliphatic rings. The summed E-state index contributed by atoms with van der Waals surface area (Å²) in [4.78, 5) is 0. The van der Waals surface area contributed by atoms with Gasteiger partial charge in [-0.1, -0.05) is 60.7 Å². The van der Waals surface area contributed by atoms with Crippen LogP contribution in [0.4, 0.5) is 0 Å². The molecular weight excluding hydrogens is 358 g/mol. The Labute approximate surface area is 174 Å². The quantitative estimate of drug-likeness (QED) is 0.483. The Morgan fingerprint density at radius 3 is 1.76 bits per heavy atom. The fourth-order valence-corrected chi connectivity index (χ4v) is 4.62. The Hall–Kier alpha value is -2.78. The van der Waals surface area contributed by atoms with Gasteiger partial charge in [0, 0.05) is 23.1 Å². The maximum Gasteiger partial charge on any atom is 0.161 e. The van der Waals surface area contributed by atoms with E-state index in [0.717, 1.165) is 48.6 Å². The molecule has 0 saturated carbocycles. The van der Waals surface area contributed by atoms with E-state index in [1.54, 1.807) is 14.2 Å². The Bertz CT molecular complexity index is 905. The lowest BCUT2D eigenvalue weighted by molar-refractivity contribution is -0.960. The van der Waals surface area contributed by atoms with Gasteiger partial charge >= 0.3 is 0 Å². The molecule has 3 aromatic carbocycles. The predicted octanol–water partition coefficient (Wildman–Crippen LogP) is 5.37. The minimum atomic E-state index is 0.829. The molecule has 4 rings (SSSR count). The first-order chi connectivity index (χ1) is 14.2. The largest absolute Gasteiger partial charge is 0.493 e. The van der Waals surface area contributed by atoms with Gasteiger partial charge in [-0.05, 0) is 24.1 Å². The summed E-state index contributed by atoms with van der Waals surface area (Å²) in [6, 6.07) is 26.1. The molecule has 0 bridgehead atoms. The van der Waals surface area contributed by atoms with Crippen molar-refractivity contribution in [2.45, 2.75) is 32.5 Å². The molecule has 0 spiro atoms. The van der Waals surface area contributed by atoms with Crippen LogP contribution < -0.4 is 9.47 Å². The molecule has 0 amide bonds. The van der Waals surface area contributed by atoms with E-state index in [0.29, 0.717) is 0 Å². The van der Waals surface area contributed by atoms with Gasteiger partial charge in [-0.3, -0.25) is 0 Å². The average molecular weight is 389 g/mol. The molecule has 0 unspecified atom stereocenters.